The third-order valence-corrected chi connectivity index (χ3v) is 11.0. The number of hydrogen-bond donors (Lipinski definition) is 0. The molecule has 0 aliphatic heterocycles. The zero-order chi connectivity index (χ0) is 48.6. The Balaban J connectivity index is 4.36. The molecule has 0 aromatic carbocycles. The van der Waals surface area contributed by atoms with Crippen molar-refractivity contribution in [3.8, 4) is 0 Å². The number of ether oxygens (including phenoxy) is 3. The number of rotatable bonds is 47. The van der Waals surface area contributed by atoms with E-state index in [1.165, 1.54) is 51.4 Å². The van der Waals surface area contributed by atoms with Crippen LogP contribution in [-0.2, 0) is 28.6 Å². The fourth-order valence-electron chi connectivity index (χ4n) is 6.88. The second-order valence-corrected chi connectivity index (χ2v) is 17.4. The lowest BCUT2D eigenvalue weighted by Crippen LogP contribution is -2.30. The molecule has 0 aromatic heterocycles. The molecule has 0 bridgehead atoms. The van der Waals surface area contributed by atoms with E-state index in [4.69, 9.17) is 14.2 Å². The Morgan fingerprint density at radius 1 is 0.313 bits per heavy atom. The molecule has 378 valence electrons. The highest BCUT2D eigenvalue weighted by Crippen LogP contribution is 2.13. The Morgan fingerprint density at radius 2 is 0.597 bits per heavy atom. The monoisotopic (exact) mass is 927 g/mol. The van der Waals surface area contributed by atoms with Gasteiger partial charge in [-0.3, -0.25) is 14.4 Å². The van der Waals surface area contributed by atoms with Crippen LogP contribution in [0.5, 0.6) is 0 Å². The van der Waals surface area contributed by atoms with Crippen molar-refractivity contribution in [3.63, 3.8) is 0 Å². The van der Waals surface area contributed by atoms with E-state index in [9.17, 15) is 14.4 Å². The topological polar surface area (TPSA) is 78.9 Å². The molecule has 0 aliphatic rings. The molecule has 0 saturated carbocycles. The standard InChI is InChI=1S/C61H98O6/c1-4-7-10-13-16-19-21-23-25-26-27-28-29-30-31-32-33-34-35-36-37-39-40-42-45-48-51-54-60(63)66-57-58(56-65-59(62)53-50-47-44-18-15-12-9-6-3)67-61(64)55-52-49-46-43-41-38-24-22-20-17-14-11-8-5-2/h7,10,14,16-17,19,22-25,27-28,30-31,33-34,36-37,40,42,58H,4-6,8-9,11-13,15,18,20-21,26,29,32,35,38-39,41,43-57H2,1-3H3/b10-7-,17-14-,19-16-,24-22-,25-23-,28-27-,31-30-,34-33-,37-36-,42-40-. The first-order chi connectivity index (χ1) is 33.0. The Morgan fingerprint density at radius 3 is 0.985 bits per heavy atom. The van der Waals surface area contributed by atoms with Crippen molar-refractivity contribution < 1.29 is 28.6 Å². The lowest BCUT2D eigenvalue weighted by molar-refractivity contribution is -0.167. The number of esters is 3. The van der Waals surface area contributed by atoms with E-state index in [-0.39, 0.29) is 31.1 Å². The van der Waals surface area contributed by atoms with Gasteiger partial charge in [-0.2, -0.15) is 0 Å². The minimum Gasteiger partial charge on any atom is -0.462 e. The molecule has 0 aliphatic carbocycles. The highest BCUT2D eigenvalue weighted by atomic mass is 16.6. The van der Waals surface area contributed by atoms with Crippen LogP contribution >= 0.6 is 0 Å². The molecular weight excluding hydrogens is 829 g/mol. The Bertz CT molecular complexity index is 1440. The summed E-state index contributed by atoms with van der Waals surface area (Å²) in [6, 6.07) is 0. The minimum atomic E-state index is -0.803. The molecule has 67 heavy (non-hydrogen) atoms. The van der Waals surface area contributed by atoms with E-state index in [1.807, 2.05) is 0 Å². The van der Waals surface area contributed by atoms with Crippen LogP contribution in [-0.4, -0.2) is 37.2 Å². The average molecular weight is 927 g/mol. The van der Waals surface area contributed by atoms with Gasteiger partial charge in [0.1, 0.15) is 13.2 Å². The molecule has 0 N–H and O–H groups in total. The van der Waals surface area contributed by atoms with Crippen LogP contribution in [0.4, 0.5) is 0 Å². The van der Waals surface area contributed by atoms with Crippen LogP contribution in [0.1, 0.15) is 226 Å². The van der Waals surface area contributed by atoms with Crippen molar-refractivity contribution in [3.05, 3.63) is 122 Å². The van der Waals surface area contributed by atoms with Gasteiger partial charge in [0.15, 0.2) is 6.10 Å². The molecule has 6 nitrogen and oxygen atoms in total. The molecule has 0 fully saturated rings. The fraction of sp³-hybridized carbons (Fsp3) is 0.623. The lowest BCUT2D eigenvalue weighted by Gasteiger charge is -2.18. The van der Waals surface area contributed by atoms with Crippen LogP contribution in [0.25, 0.3) is 0 Å². The Kier molecular flexibility index (Phi) is 51.0. The van der Waals surface area contributed by atoms with Crippen molar-refractivity contribution >= 4 is 17.9 Å². The second kappa shape index (κ2) is 54.4. The summed E-state index contributed by atoms with van der Waals surface area (Å²) >= 11 is 0. The van der Waals surface area contributed by atoms with Gasteiger partial charge in [-0.05, 0) is 109 Å². The molecule has 0 heterocycles. The van der Waals surface area contributed by atoms with E-state index >= 15 is 0 Å². The summed E-state index contributed by atoms with van der Waals surface area (Å²) in [5.74, 6) is -0.971. The van der Waals surface area contributed by atoms with E-state index < -0.39 is 6.10 Å². The largest absolute Gasteiger partial charge is 0.462 e. The predicted octanol–water partition coefficient (Wildman–Crippen LogP) is 18.1. The molecule has 1 atom stereocenters. The zero-order valence-corrected chi connectivity index (χ0v) is 43.1. The van der Waals surface area contributed by atoms with E-state index in [1.54, 1.807) is 0 Å². The molecule has 6 heteroatoms. The van der Waals surface area contributed by atoms with Crippen LogP contribution in [0.15, 0.2) is 122 Å². The van der Waals surface area contributed by atoms with E-state index in [2.05, 4.69) is 142 Å². The summed E-state index contributed by atoms with van der Waals surface area (Å²) in [6.45, 7) is 6.39. The van der Waals surface area contributed by atoms with Crippen LogP contribution < -0.4 is 0 Å². The number of allylic oxidation sites excluding steroid dienone is 20. The third-order valence-electron chi connectivity index (χ3n) is 11.0. The van der Waals surface area contributed by atoms with Gasteiger partial charge in [-0.1, -0.05) is 219 Å². The maximum absolute atomic E-state index is 12.8. The summed E-state index contributed by atoms with van der Waals surface area (Å²) < 4.78 is 16.7. The number of carbonyl (C=O) groups is 3. The number of carbonyl (C=O) groups excluding carboxylic acids is 3. The van der Waals surface area contributed by atoms with Crippen molar-refractivity contribution in [2.45, 2.75) is 232 Å². The summed E-state index contributed by atoms with van der Waals surface area (Å²) in [6.07, 6.45) is 74.8. The smallest absolute Gasteiger partial charge is 0.306 e. The molecule has 0 rings (SSSR count). The normalized spacial score (nSPS) is 13.1. The van der Waals surface area contributed by atoms with Gasteiger partial charge in [-0.15, -0.1) is 0 Å². The lowest BCUT2D eigenvalue weighted by atomic mass is 10.1. The summed E-state index contributed by atoms with van der Waals surface area (Å²) in [5.41, 5.74) is 0. The molecule has 0 amide bonds. The second-order valence-electron chi connectivity index (χ2n) is 17.4. The van der Waals surface area contributed by atoms with Gasteiger partial charge in [0.05, 0.1) is 0 Å². The predicted molar refractivity (Wildman–Crippen MR) is 288 cm³/mol. The van der Waals surface area contributed by atoms with Gasteiger partial charge in [0.25, 0.3) is 0 Å². The van der Waals surface area contributed by atoms with Gasteiger partial charge < -0.3 is 14.2 Å². The Hall–Kier alpha value is -4.19. The minimum absolute atomic E-state index is 0.0997. The number of hydrogen-bond acceptors (Lipinski definition) is 6. The van der Waals surface area contributed by atoms with Gasteiger partial charge in [0, 0.05) is 19.3 Å². The first-order valence-electron chi connectivity index (χ1n) is 27.0. The van der Waals surface area contributed by atoms with Crippen molar-refractivity contribution in [1.29, 1.82) is 0 Å². The summed E-state index contributed by atoms with van der Waals surface area (Å²) in [7, 11) is 0. The maximum Gasteiger partial charge on any atom is 0.306 e. The maximum atomic E-state index is 12.8. The quantitative estimate of drug-likeness (QED) is 0.0262. The van der Waals surface area contributed by atoms with Crippen LogP contribution in [0.2, 0.25) is 0 Å². The molecule has 0 saturated heterocycles. The summed E-state index contributed by atoms with van der Waals surface area (Å²) in [5, 5.41) is 0. The van der Waals surface area contributed by atoms with E-state index in [0.717, 1.165) is 128 Å². The SMILES string of the molecule is CC/C=C\C/C=C\C/C=C\C/C=C\C/C=C\C/C=C\C/C=C\C/C=C\CCCCC(=O)OCC(COC(=O)CCCCCCCCCC)OC(=O)CCCCCCC/C=C\C/C=C\CCCC. The first-order valence-corrected chi connectivity index (χ1v) is 27.0. The van der Waals surface area contributed by atoms with Crippen LogP contribution in [0, 0.1) is 0 Å². The van der Waals surface area contributed by atoms with Crippen molar-refractivity contribution in [2.75, 3.05) is 13.2 Å². The molecule has 0 spiro atoms. The van der Waals surface area contributed by atoms with Crippen molar-refractivity contribution in [2.24, 2.45) is 0 Å². The van der Waals surface area contributed by atoms with Gasteiger partial charge in [-0.25, -0.2) is 0 Å². The third kappa shape index (κ3) is 52.6. The number of unbranched alkanes of at least 4 members (excludes halogenated alkanes) is 16. The van der Waals surface area contributed by atoms with E-state index in [0.29, 0.717) is 25.7 Å². The van der Waals surface area contributed by atoms with Gasteiger partial charge >= 0.3 is 17.9 Å². The van der Waals surface area contributed by atoms with Crippen LogP contribution in [0.3, 0.4) is 0 Å². The molecule has 1 unspecified atom stereocenters. The fourth-order valence-corrected chi connectivity index (χ4v) is 6.88. The highest BCUT2D eigenvalue weighted by Gasteiger charge is 2.19. The zero-order valence-electron chi connectivity index (χ0n) is 43.1. The Labute approximate surface area is 412 Å². The molecular formula is C61H98O6. The molecule has 0 aromatic rings. The summed E-state index contributed by atoms with van der Waals surface area (Å²) in [4.78, 5) is 37.9. The van der Waals surface area contributed by atoms with Gasteiger partial charge in [0.2, 0.25) is 0 Å². The first kappa shape index (κ1) is 62.8. The molecule has 0 radical (unpaired) electrons. The highest BCUT2D eigenvalue weighted by molar-refractivity contribution is 5.71. The van der Waals surface area contributed by atoms with Crippen molar-refractivity contribution in [1.82, 2.24) is 0 Å². The average Bonchev–Trinajstić information content (AvgIpc) is 3.33.